The fourth-order valence-corrected chi connectivity index (χ4v) is 4.07. The third-order valence-electron chi connectivity index (χ3n) is 3.13. The lowest BCUT2D eigenvalue weighted by atomic mass is 10.1. The molecule has 3 rings (SSSR count). The molecule has 1 saturated heterocycles. The first kappa shape index (κ1) is 12.7. The summed E-state index contributed by atoms with van der Waals surface area (Å²) in [5.41, 5.74) is 1.98. The van der Waals surface area contributed by atoms with Crippen molar-refractivity contribution in [3.63, 3.8) is 0 Å². The van der Waals surface area contributed by atoms with E-state index in [0.29, 0.717) is 0 Å². The molecule has 1 fully saturated rings. The Kier molecular flexibility index (Phi) is 3.77. The minimum atomic E-state index is 0.888. The summed E-state index contributed by atoms with van der Waals surface area (Å²) in [6.07, 6.45) is 3.80. The largest absolute Gasteiger partial charge is 0.341 e. The van der Waals surface area contributed by atoms with E-state index in [0.717, 1.165) is 38.5 Å². The Morgan fingerprint density at radius 1 is 1.22 bits per heavy atom. The zero-order chi connectivity index (χ0) is 12.5. The van der Waals surface area contributed by atoms with Gasteiger partial charge in [0, 0.05) is 30.1 Å². The number of nitrogens with zero attached hydrogens (tertiary/aromatic N) is 2. The van der Waals surface area contributed by atoms with Crippen molar-refractivity contribution in [2.75, 3.05) is 18.0 Å². The van der Waals surface area contributed by atoms with Crippen molar-refractivity contribution in [3.8, 4) is 11.3 Å². The SMILES string of the molecule is Brc1scc(-c2cc(N3CCCCC3)on2)c1Br. The molecule has 3 nitrogen and oxygen atoms in total. The number of halogens is 2. The minimum Gasteiger partial charge on any atom is -0.341 e. The smallest absolute Gasteiger partial charge is 0.227 e. The number of hydrogen-bond donors (Lipinski definition) is 0. The van der Waals surface area contributed by atoms with E-state index in [1.165, 1.54) is 19.3 Å². The van der Waals surface area contributed by atoms with Gasteiger partial charge in [-0.15, -0.1) is 11.3 Å². The number of aromatic nitrogens is 1. The zero-order valence-electron chi connectivity index (χ0n) is 9.66. The molecule has 0 bridgehead atoms. The Hall–Kier alpha value is -0.330. The van der Waals surface area contributed by atoms with Crippen molar-refractivity contribution in [3.05, 3.63) is 19.7 Å². The first-order valence-corrected chi connectivity index (χ1v) is 8.37. The summed E-state index contributed by atoms with van der Waals surface area (Å²) in [6, 6.07) is 2.03. The summed E-state index contributed by atoms with van der Waals surface area (Å²) in [7, 11) is 0. The maximum atomic E-state index is 5.47. The molecule has 96 valence electrons. The molecule has 1 aliphatic rings. The number of hydrogen-bond acceptors (Lipinski definition) is 4. The summed E-state index contributed by atoms with van der Waals surface area (Å²) in [5, 5.41) is 6.25. The Bertz CT molecular complexity index is 546. The molecule has 18 heavy (non-hydrogen) atoms. The topological polar surface area (TPSA) is 29.3 Å². The average molecular weight is 392 g/mol. The molecule has 6 heteroatoms. The Labute approximate surface area is 126 Å². The van der Waals surface area contributed by atoms with Gasteiger partial charge in [-0.1, -0.05) is 5.16 Å². The van der Waals surface area contributed by atoms with E-state index in [2.05, 4.69) is 47.3 Å². The second kappa shape index (κ2) is 5.35. The molecular weight excluding hydrogens is 380 g/mol. The molecule has 0 aliphatic carbocycles. The van der Waals surface area contributed by atoms with Crippen LogP contribution in [0.3, 0.4) is 0 Å². The predicted octanol–water partition coefficient (Wildman–Crippen LogP) is 4.92. The second-order valence-corrected chi connectivity index (χ2v) is 7.33. The molecule has 0 atom stereocenters. The summed E-state index contributed by atoms with van der Waals surface area (Å²) >= 11 is 8.71. The van der Waals surface area contributed by atoms with Gasteiger partial charge in [0.05, 0.1) is 8.26 Å². The van der Waals surface area contributed by atoms with Gasteiger partial charge in [0.25, 0.3) is 0 Å². The third kappa shape index (κ3) is 2.38. The molecule has 0 amide bonds. The lowest BCUT2D eigenvalue weighted by Gasteiger charge is -2.25. The highest BCUT2D eigenvalue weighted by molar-refractivity contribution is 9.13. The van der Waals surface area contributed by atoms with Crippen LogP contribution in [0.5, 0.6) is 0 Å². The lowest BCUT2D eigenvalue weighted by Crippen LogP contribution is -2.28. The van der Waals surface area contributed by atoms with E-state index in [4.69, 9.17) is 4.52 Å². The maximum Gasteiger partial charge on any atom is 0.227 e. The molecule has 0 spiro atoms. The molecule has 0 N–H and O–H groups in total. The van der Waals surface area contributed by atoms with Crippen molar-refractivity contribution in [1.29, 1.82) is 0 Å². The maximum absolute atomic E-state index is 5.47. The van der Waals surface area contributed by atoms with Crippen LogP contribution in [0.25, 0.3) is 11.3 Å². The molecule has 1 aliphatic heterocycles. The van der Waals surface area contributed by atoms with Gasteiger partial charge in [0.15, 0.2) is 0 Å². The van der Waals surface area contributed by atoms with Crippen molar-refractivity contribution < 1.29 is 4.52 Å². The van der Waals surface area contributed by atoms with Crippen LogP contribution < -0.4 is 4.90 Å². The molecule has 0 unspecified atom stereocenters. The van der Waals surface area contributed by atoms with E-state index in [-0.39, 0.29) is 0 Å². The van der Waals surface area contributed by atoms with Crippen LogP contribution in [0.4, 0.5) is 5.88 Å². The standard InChI is InChI=1S/C12H12Br2N2OS/c13-11-8(7-18-12(11)14)9-6-10(17-15-9)16-4-2-1-3-5-16/h6-7H,1-5H2. The van der Waals surface area contributed by atoms with Crippen LogP contribution >= 0.6 is 43.2 Å². The van der Waals surface area contributed by atoms with Gasteiger partial charge in [-0.2, -0.15) is 0 Å². The molecule has 0 aromatic carbocycles. The quantitative estimate of drug-likeness (QED) is 0.727. The van der Waals surface area contributed by atoms with E-state index < -0.39 is 0 Å². The van der Waals surface area contributed by atoms with Crippen molar-refractivity contribution in [1.82, 2.24) is 5.16 Å². The normalized spacial score (nSPS) is 16.2. The van der Waals surface area contributed by atoms with Gasteiger partial charge in [-0.25, -0.2) is 0 Å². The van der Waals surface area contributed by atoms with E-state index in [1.54, 1.807) is 11.3 Å². The predicted molar refractivity (Wildman–Crippen MR) is 81.3 cm³/mol. The number of anilines is 1. The monoisotopic (exact) mass is 390 g/mol. The molecule has 0 radical (unpaired) electrons. The van der Waals surface area contributed by atoms with Crippen LogP contribution in [0.15, 0.2) is 24.2 Å². The van der Waals surface area contributed by atoms with E-state index in [1.807, 2.05) is 6.07 Å². The first-order chi connectivity index (χ1) is 8.75. The van der Waals surface area contributed by atoms with Gasteiger partial charge in [0.2, 0.25) is 5.88 Å². The summed E-state index contributed by atoms with van der Waals surface area (Å²) < 4.78 is 7.60. The van der Waals surface area contributed by atoms with Crippen molar-refractivity contribution >= 4 is 49.1 Å². The number of thiophene rings is 1. The molecule has 2 aromatic heterocycles. The van der Waals surface area contributed by atoms with Crippen LogP contribution in [0.1, 0.15) is 19.3 Å². The van der Waals surface area contributed by atoms with Crippen molar-refractivity contribution in [2.45, 2.75) is 19.3 Å². The molecule has 3 heterocycles. The number of rotatable bonds is 2. The molecule has 2 aromatic rings. The first-order valence-electron chi connectivity index (χ1n) is 5.90. The van der Waals surface area contributed by atoms with Gasteiger partial charge >= 0.3 is 0 Å². The zero-order valence-corrected chi connectivity index (χ0v) is 13.6. The minimum absolute atomic E-state index is 0.888. The van der Waals surface area contributed by atoms with Crippen LogP contribution in [-0.4, -0.2) is 18.2 Å². The van der Waals surface area contributed by atoms with E-state index >= 15 is 0 Å². The third-order valence-corrected chi connectivity index (χ3v) is 6.47. The highest BCUT2D eigenvalue weighted by Crippen LogP contribution is 2.39. The van der Waals surface area contributed by atoms with E-state index in [9.17, 15) is 0 Å². The van der Waals surface area contributed by atoms with Crippen LogP contribution in [0, 0.1) is 0 Å². The highest BCUT2D eigenvalue weighted by atomic mass is 79.9. The Morgan fingerprint density at radius 3 is 2.67 bits per heavy atom. The average Bonchev–Trinajstić information content (AvgIpc) is 3.00. The fourth-order valence-electron chi connectivity index (χ4n) is 2.15. The van der Waals surface area contributed by atoms with Gasteiger partial charge in [0.1, 0.15) is 5.69 Å². The van der Waals surface area contributed by atoms with Crippen LogP contribution in [0.2, 0.25) is 0 Å². The van der Waals surface area contributed by atoms with Gasteiger partial charge in [-0.05, 0) is 51.1 Å². The summed E-state index contributed by atoms with van der Waals surface area (Å²) in [5.74, 6) is 0.888. The molecular formula is C12H12Br2N2OS. The van der Waals surface area contributed by atoms with Gasteiger partial charge in [-0.3, -0.25) is 0 Å². The Balaban J connectivity index is 1.87. The second-order valence-electron chi connectivity index (χ2n) is 4.34. The fraction of sp³-hybridized carbons (Fsp3) is 0.417. The summed E-state index contributed by atoms with van der Waals surface area (Å²) in [6.45, 7) is 2.15. The van der Waals surface area contributed by atoms with Crippen molar-refractivity contribution in [2.24, 2.45) is 0 Å². The van der Waals surface area contributed by atoms with Gasteiger partial charge < -0.3 is 9.42 Å². The lowest BCUT2D eigenvalue weighted by molar-refractivity contribution is 0.407. The number of piperidine rings is 1. The molecule has 0 saturated carbocycles. The highest BCUT2D eigenvalue weighted by Gasteiger charge is 2.18. The Morgan fingerprint density at radius 2 is 2.00 bits per heavy atom. The van der Waals surface area contributed by atoms with Crippen LogP contribution in [-0.2, 0) is 0 Å². The summed E-state index contributed by atoms with van der Waals surface area (Å²) in [4.78, 5) is 2.27.